The average Bonchev–Trinajstić information content (AvgIpc) is 2.65. The summed E-state index contributed by atoms with van der Waals surface area (Å²) >= 11 is 11.7. The van der Waals surface area contributed by atoms with Crippen molar-refractivity contribution in [1.82, 2.24) is 0 Å². The molecule has 0 spiro atoms. The van der Waals surface area contributed by atoms with Gasteiger partial charge in [-0.1, -0.05) is 96.9 Å². The number of thioether (sulfide) groups is 1. The van der Waals surface area contributed by atoms with Crippen molar-refractivity contribution in [3.8, 4) is 0 Å². The van der Waals surface area contributed by atoms with E-state index in [9.17, 15) is 14.7 Å². The summed E-state index contributed by atoms with van der Waals surface area (Å²) in [6.07, 6.45) is 0. The van der Waals surface area contributed by atoms with Crippen LogP contribution >= 0.6 is 36.2 Å². The largest absolute Gasteiger partial charge is 0.480 e. The first-order valence-electron chi connectivity index (χ1n) is 7.67. The van der Waals surface area contributed by atoms with Crippen molar-refractivity contribution in [3.63, 3.8) is 0 Å². The van der Waals surface area contributed by atoms with E-state index in [1.165, 1.54) is 6.92 Å². The Morgan fingerprint density at radius 1 is 1.00 bits per heavy atom. The highest BCUT2D eigenvalue weighted by Gasteiger charge is 2.49. The Hall–Kier alpha value is -1.93. The molecule has 2 aromatic carbocycles. The molecule has 0 bridgehead atoms. The average molecular weight is 404 g/mol. The van der Waals surface area contributed by atoms with Gasteiger partial charge in [0.1, 0.15) is 0 Å². The molecule has 0 aliphatic carbocycles. The van der Waals surface area contributed by atoms with Gasteiger partial charge in [-0.2, -0.15) is 0 Å². The molecule has 134 valence electrons. The van der Waals surface area contributed by atoms with Crippen LogP contribution in [0.1, 0.15) is 18.1 Å². The van der Waals surface area contributed by atoms with E-state index in [-0.39, 0.29) is 14.8 Å². The van der Waals surface area contributed by atoms with Crippen molar-refractivity contribution in [2.75, 3.05) is 0 Å². The number of aliphatic carboxylic acids is 1. The molecule has 0 radical (unpaired) electrons. The minimum Gasteiger partial charge on any atom is -0.480 e. The van der Waals surface area contributed by atoms with Gasteiger partial charge in [-0.25, -0.2) is 4.79 Å². The van der Waals surface area contributed by atoms with Gasteiger partial charge in [-0.3, -0.25) is 4.79 Å². The summed E-state index contributed by atoms with van der Waals surface area (Å²) < 4.78 is 0. The predicted octanol–water partition coefficient (Wildman–Crippen LogP) is 3.25. The first-order valence-corrected chi connectivity index (χ1v) is 9.36. The van der Waals surface area contributed by atoms with E-state index < -0.39 is 16.8 Å². The molecule has 0 saturated heterocycles. The third-order valence-corrected chi connectivity index (χ3v) is 6.13. The zero-order valence-electron chi connectivity index (χ0n) is 13.9. The van der Waals surface area contributed by atoms with Gasteiger partial charge in [0.05, 0.1) is 10.1 Å². The molecule has 0 amide bonds. The standard InChI is InChI=1S/C19H17NO3S3/c1-12(21)26-17(15(24)13-8-4-2-5-9-13)19(20,18(22)23)16(25)14-10-6-3-7-11-14/h2-11,17H,20H2,1H3,(H,22,23). The lowest BCUT2D eigenvalue weighted by Crippen LogP contribution is -2.64. The van der Waals surface area contributed by atoms with Crippen LogP contribution in [0.15, 0.2) is 60.7 Å². The molecule has 26 heavy (non-hydrogen) atoms. The summed E-state index contributed by atoms with van der Waals surface area (Å²) in [4.78, 5) is 24.3. The summed E-state index contributed by atoms with van der Waals surface area (Å²) in [6.45, 7) is 1.35. The first-order chi connectivity index (χ1) is 12.3. The van der Waals surface area contributed by atoms with Gasteiger partial charge in [-0.15, -0.1) is 0 Å². The number of benzene rings is 2. The van der Waals surface area contributed by atoms with Gasteiger partial charge in [0, 0.05) is 11.8 Å². The third kappa shape index (κ3) is 4.24. The molecule has 0 aliphatic heterocycles. The molecule has 2 atom stereocenters. The molecule has 0 fully saturated rings. The third-order valence-electron chi connectivity index (χ3n) is 3.76. The number of rotatable bonds is 7. The van der Waals surface area contributed by atoms with Crippen LogP contribution in [-0.2, 0) is 9.59 Å². The molecule has 4 nitrogen and oxygen atoms in total. The molecule has 2 rings (SSSR count). The van der Waals surface area contributed by atoms with E-state index in [1.54, 1.807) is 54.6 Å². The Balaban J connectivity index is 2.57. The summed E-state index contributed by atoms with van der Waals surface area (Å²) in [5.41, 5.74) is 5.48. The smallest absolute Gasteiger partial charge is 0.330 e. The van der Waals surface area contributed by atoms with E-state index in [1.807, 2.05) is 6.07 Å². The number of thiocarbonyl (C=S) groups is 2. The second-order valence-electron chi connectivity index (χ2n) is 5.59. The zero-order valence-corrected chi connectivity index (χ0v) is 16.4. The normalized spacial score (nSPS) is 14.1. The molecule has 2 aromatic rings. The van der Waals surface area contributed by atoms with Gasteiger partial charge in [0.2, 0.25) is 0 Å². The van der Waals surface area contributed by atoms with Gasteiger partial charge >= 0.3 is 5.97 Å². The van der Waals surface area contributed by atoms with E-state index in [4.69, 9.17) is 30.2 Å². The van der Waals surface area contributed by atoms with Crippen molar-refractivity contribution < 1.29 is 14.7 Å². The highest BCUT2D eigenvalue weighted by atomic mass is 32.2. The van der Waals surface area contributed by atoms with Gasteiger partial charge in [0.25, 0.3) is 0 Å². The maximum Gasteiger partial charge on any atom is 0.330 e. The number of carboxylic acids is 1. The number of carbonyl (C=O) groups excluding carboxylic acids is 1. The predicted molar refractivity (Wildman–Crippen MR) is 113 cm³/mol. The monoisotopic (exact) mass is 403 g/mol. The molecule has 0 aromatic heterocycles. The minimum absolute atomic E-state index is 0.0302. The van der Waals surface area contributed by atoms with Crippen LogP contribution in [0.25, 0.3) is 0 Å². The van der Waals surface area contributed by atoms with Crippen LogP contribution in [-0.4, -0.2) is 36.7 Å². The Morgan fingerprint density at radius 2 is 1.46 bits per heavy atom. The van der Waals surface area contributed by atoms with Gasteiger partial charge in [0.15, 0.2) is 10.7 Å². The fraction of sp³-hybridized carbons (Fsp3) is 0.158. The second-order valence-corrected chi connectivity index (χ2v) is 7.72. The van der Waals surface area contributed by atoms with Crippen molar-refractivity contribution in [3.05, 3.63) is 71.8 Å². The number of carbonyl (C=O) groups is 2. The lowest BCUT2D eigenvalue weighted by molar-refractivity contribution is -0.140. The van der Waals surface area contributed by atoms with Crippen LogP contribution in [0.2, 0.25) is 0 Å². The fourth-order valence-electron chi connectivity index (χ4n) is 2.43. The molecule has 7 heteroatoms. The Kier molecular flexibility index (Phi) is 6.77. The number of hydrogen-bond donors (Lipinski definition) is 2. The van der Waals surface area contributed by atoms with Crippen LogP contribution in [0, 0.1) is 0 Å². The molecule has 2 unspecified atom stereocenters. The number of hydrogen-bond acceptors (Lipinski definition) is 6. The lowest BCUT2D eigenvalue weighted by atomic mass is 9.85. The van der Waals surface area contributed by atoms with Crippen molar-refractivity contribution in [2.45, 2.75) is 17.7 Å². The highest BCUT2D eigenvalue weighted by Crippen LogP contribution is 2.31. The van der Waals surface area contributed by atoms with Crippen LogP contribution in [0.5, 0.6) is 0 Å². The zero-order chi connectivity index (χ0) is 19.3. The lowest BCUT2D eigenvalue weighted by Gasteiger charge is -2.34. The summed E-state index contributed by atoms with van der Waals surface area (Å²) in [5.74, 6) is -1.33. The quantitative estimate of drug-likeness (QED) is 0.542. The number of nitrogens with two attached hydrogens (primary N) is 1. The van der Waals surface area contributed by atoms with E-state index in [0.717, 1.165) is 11.8 Å². The van der Waals surface area contributed by atoms with E-state index in [2.05, 4.69) is 0 Å². The first kappa shape index (κ1) is 20.4. The maximum absolute atomic E-state index is 12.2. The van der Waals surface area contributed by atoms with Crippen molar-refractivity contribution in [2.24, 2.45) is 5.73 Å². The van der Waals surface area contributed by atoms with Crippen molar-refractivity contribution in [1.29, 1.82) is 0 Å². The topological polar surface area (TPSA) is 80.4 Å². The fourth-order valence-corrected chi connectivity index (χ4v) is 4.29. The molecule has 0 aliphatic rings. The molecule has 0 heterocycles. The molecular formula is C19H17NO3S3. The van der Waals surface area contributed by atoms with Crippen LogP contribution < -0.4 is 5.73 Å². The van der Waals surface area contributed by atoms with Gasteiger partial charge in [-0.05, 0) is 11.1 Å². The second kappa shape index (κ2) is 8.64. The highest BCUT2D eigenvalue weighted by molar-refractivity contribution is 8.15. The van der Waals surface area contributed by atoms with E-state index >= 15 is 0 Å². The molecule has 0 saturated carbocycles. The van der Waals surface area contributed by atoms with Crippen molar-refractivity contribution >= 4 is 57.0 Å². The Morgan fingerprint density at radius 3 is 1.88 bits per heavy atom. The van der Waals surface area contributed by atoms with Gasteiger partial charge < -0.3 is 10.8 Å². The maximum atomic E-state index is 12.2. The molecular weight excluding hydrogens is 386 g/mol. The summed E-state index contributed by atoms with van der Waals surface area (Å²) in [5, 5.41) is 8.63. The number of carboxylic acid groups (broad SMARTS) is 1. The van der Waals surface area contributed by atoms with Crippen LogP contribution in [0.3, 0.4) is 0 Å². The summed E-state index contributed by atoms with van der Waals surface area (Å²) in [7, 11) is 0. The van der Waals surface area contributed by atoms with Crippen LogP contribution in [0.4, 0.5) is 0 Å². The SMILES string of the molecule is CC(=O)SC(C(=S)c1ccccc1)C(N)(C(=O)O)C(=S)c1ccccc1. The Bertz CT molecular complexity index is 840. The summed E-state index contributed by atoms with van der Waals surface area (Å²) in [6, 6.07) is 17.5. The minimum atomic E-state index is -2.01. The molecule has 3 N–H and O–H groups in total. The Labute approximate surface area is 166 Å². The van der Waals surface area contributed by atoms with E-state index in [0.29, 0.717) is 11.1 Å².